The van der Waals surface area contributed by atoms with Gasteiger partial charge in [0.2, 0.25) is 5.78 Å². The number of rotatable bonds is 6. The summed E-state index contributed by atoms with van der Waals surface area (Å²) in [4.78, 5) is 12.6. The van der Waals surface area contributed by atoms with Crippen molar-refractivity contribution in [3.05, 3.63) is 51.3 Å². The number of aryl methyl sites for hydroxylation is 1. The summed E-state index contributed by atoms with van der Waals surface area (Å²) in [7, 11) is 0. The van der Waals surface area contributed by atoms with E-state index in [1.807, 2.05) is 19.9 Å². The van der Waals surface area contributed by atoms with Crippen LogP contribution in [0, 0.1) is 13.8 Å². The van der Waals surface area contributed by atoms with E-state index < -0.39 is 0 Å². The third-order valence-electron chi connectivity index (χ3n) is 4.54. The molecule has 0 amide bonds. The van der Waals surface area contributed by atoms with Gasteiger partial charge in [-0.25, -0.2) is 0 Å². The van der Waals surface area contributed by atoms with E-state index in [0.29, 0.717) is 21.4 Å². The molecule has 0 bridgehead atoms. The third-order valence-corrected chi connectivity index (χ3v) is 5.08. The van der Waals surface area contributed by atoms with E-state index in [2.05, 4.69) is 4.57 Å². The quantitative estimate of drug-likeness (QED) is 0.671. The van der Waals surface area contributed by atoms with Crippen molar-refractivity contribution < 1.29 is 14.3 Å². The Morgan fingerprint density at radius 1 is 1.32 bits per heavy atom. The van der Waals surface area contributed by atoms with Crippen LogP contribution in [0.2, 0.25) is 10.0 Å². The maximum atomic E-state index is 12.6. The summed E-state index contributed by atoms with van der Waals surface area (Å²) in [6.45, 7) is 5.50. The minimum atomic E-state index is -0.0808. The first-order chi connectivity index (χ1) is 12.0. The molecule has 1 aromatic heterocycles. The standard InChI is InChI=1S/C19H21Cl2NO3/c1-12-8-16(13(2)22(12)10-15-4-3-7-24-15)18(23)11-25-19-9-14(20)5-6-17(19)21/h5-6,8-9,15H,3-4,7,10-11H2,1-2H3. The topological polar surface area (TPSA) is 40.5 Å². The molecule has 1 aliphatic rings. The predicted molar refractivity (Wildman–Crippen MR) is 99.2 cm³/mol. The van der Waals surface area contributed by atoms with Gasteiger partial charge in [-0.05, 0) is 44.9 Å². The highest BCUT2D eigenvalue weighted by molar-refractivity contribution is 6.34. The first kappa shape index (κ1) is 18.3. The highest BCUT2D eigenvalue weighted by Crippen LogP contribution is 2.28. The lowest BCUT2D eigenvalue weighted by Crippen LogP contribution is -2.18. The molecule has 6 heteroatoms. The fourth-order valence-corrected chi connectivity index (χ4v) is 3.50. The summed E-state index contributed by atoms with van der Waals surface area (Å²) >= 11 is 12.0. The Bertz CT molecular complexity index is 779. The number of hydrogen-bond donors (Lipinski definition) is 0. The summed E-state index contributed by atoms with van der Waals surface area (Å²) in [6, 6.07) is 6.85. The SMILES string of the molecule is Cc1cc(C(=O)COc2cc(Cl)ccc2Cl)c(C)n1CC1CCCO1. The number of aromatic nitrogens is 1. The number of halogens is 2. The monoisotopic (exact) mass is 381 g/mol. The van der Waals surface area contributed by atoms with Gasteiger partial charge in [-0.3, -0.25) is 4.79 Å². The summed E-state index contributed by atoms with van der Waals surface area (Å²) in [5, 5.41) is 0.947. The molecule has 4 nitrogen and oxygen atoms in total. The van der Waals surface area contributed by atoms with Crippen LogP contribution in [-0.4, -0.2) is 29.7 Å². The van der Waals surface area contributed by atoms with E-state index in [4.69, 9.17) is 32.7 Å². The van der Waals surface area contributed by atoms with Gasteiger partial charge in [-0.2, -0.15) is 0 Å². The Kier molecular flexibility index (Phi) is 5.72. The molecule has 3 rings (SSSR count). The molecule has 134 valence electrons. The van der Waals surface area contributed by atoms with E-state index >= 15 is 0 Å². The number of ether oxygens (including phenoxy) is 2. The molecule has 25 heavy (non-hydrogen) atoms. The molecule has 2 aromatic rings. The fraction of sp³-hybridized carbons (Fsp3) is 0.421. The Morgan fingerprint density at radius 2 is 2.12 bits per heavy atom. The Morgan fingerprint density at radius 3 is 2.84 bits per heavy atom. The maximum Gasteiger partial charge on any atom is 0.202 e. The van der Waals surface area contributed by atoms with Crippen molar-refractivity contribution in [3.63, 3.8) is 0 Å². The van der Waals surface area contributed by atoms with Crippen molar-refractivity contribution in [1.29, 1.82) is 0 Å². The molecule has 1 unspecified atom stereocenters. The van der Waals surface area contributed by atoms with Crippen LogP contribution in [-0.2, 0) is 11.3 Å². The number of ketones is 1. The molecule has 0 N–H and O–H groups in total. The van der Waals surface area contributed by atoms with E-state index in [0.717, 1.165) is 37.4 Å². The number of carbonyl (C=O) groups excluding carboxylic acids is 1. The van der Waals surface area contributed by atoms with Gasteiger partial charge in [0.15, 0.2) is 6.61 Å². The van der Waals surface area contributed by atoms with Crippen LogP contribution in [0.3, 0.4) is 0 Å². The van der Waals surface area contributed by atoms with Crippen LogP contribution in [0.1, 0.15) is 34.6 Å². The Labute approximate surface area is 157 Å². The highest BCUT2D eigenvalue weighted by atomic mass is 35.5. The van der Waals surface area contributed by atoms with Gasteiger partial charge in [0.1, 0.15) is 5.75 Å². The Hall–Kier alpha value is -1.49. The van der Waals surface area contributed by atoms with Gasteiger partial charge in [0.05, 0.1) is 11.1 Å². The molecule has 0 spiro atoms. The molecular weight excluding hydrogens is 361 g/mol. The van der Waals surface area contributed by atoms with Gasteiger partial charge in [0.25, 0.3) is 0 Å². The lowest BCUT2D eigenvalue weighted by Gasteiger charge is -2.15. The van der Waals surface area contributed by atoms with Crippen LogP contribution >= 0.6 is 23.2 Å². The van der Waals surface area contributed by atoms with Crippen molar-refractivity contribution in [2.45, 2.75) is 39.3 Å². The maximum absolute atomic E-state index is 12.6. The second-order valence-corrected chi connectivity index (χ2v) is 7.16. The zero-order valence-corrected chi connectivity index (χ0v) is 15.9. The van der Waals surface area contributed by atoms with Gasteiger partial charge < -0.3 is 14.0 Å². The average Bonchev–Trinajstić information content (AvgIpc) is 3.19. The largest absolute Gasteiger partial charge is 0.484 e. The lowest BCUT2D eigenvalue weighted by atomic mass is 10.1. The van der Waals surface area contributed by atoms with Gasteiger partial charge in [-0.15, -0.1) is 0 Å². The first-order valence-electron chi connectivity index (χ1n) is 8.35. The molecule has 0 radical (unpaired) electrons. The van der Waals surface area contributed by atoms with Crippen molar-refractivity contribution in [3.8, 4) is 5.75 Å². The van der Waals surface area contributed by atoms with Crippen LogP contribution in [0.4, 0.5) is 0 Å². The summed E-state index contributed by atoms with van der Waals surface area (Å²) in [5.74, 6) is 0.332. The third kappa shape index (κ3) is 4.20. The summed E-state index contributed by atoms with van der Waals surface area (Å²) in [6.07, 6.45) is 2.40. The first-order valence-corrected chi connectivity index (χ1v) is 9.10. The van der Waals surface area contributed by atoms with E-state index in [9.17, 15) is 4.79 Å². The Balaban J connectivity index is 1.70. The molecule has 0 aliphatic carbocycles. The molecule has 0 saturated carbocycles. The van der Waals surface area contributed by atoms with Crippen molar-refractivity contribution in [2.24, 2.45) is 0 Å². The molecule has 1 atom stereocenters. The van der Waals surface area contributed by atoms with Crippen LogP contribution in [0.15, 0.2) is 24.3 Å². The zero-order valence-electron chi connectivity index (χ0n) is 14.4. The summed E-state index contributed by atoms with van der Waals surface area (Å²) < 4.78 is 13.4. The van der Waals surface area contributed by atoms with Crippen molar-refractivity contribution in [1.82, 2.24) is 4.57 Å². The van der Waals surface area contributed by atoms with Gasteiger partial charge >= 0.3 is 0 Å². The zero-order chi connectivity index (χ0) is 18.0. The number of Topliss-reactive ketones (excluding diaryl/α,β-unsaturated/α-hetero) is 1. The number of benzene rings is 1. The number of carbonyl (C=O) groups is 1. The van der Waals surface area contributed by atoms with Crippen molar-refractivity contribution >= 4 is 29.0 Å². The van der Waals surface area contributed by atoms with Gasteiger partial charge in [-0.1, -0.05) is 23.2 Å². The van der Waals surface area contributed by atoms with E-state index in [-0.39, 0.29) is 18.5 Å². The van der Waals surface area contributed by atoms with Crippen molar-refractivity contribution in [2.75, 3.05) is 13.2 Å². The summed E-state index contributed by atoms with van der Waals surface area (Å²) in [5.41, 5.74) is 2.67. The van der Waals surface area contributed by atoms with E-state index in [1.54, 1.807) is 18.2 Å². The predicted octanol–water partition coefficient (Wildman–Crippen LogP) is 4.85. The van der Waals surface area contributed by atoms with Crippen LogP contribution in [0.25, 0.3) is 0 Å². The average molecular weight is 382 g/mol. The molecular formula is C19H21Cl2NO3. The normalized spacial score (nSPS) is 17.0. The molecule has 1 fully saturated rings. The van der Waals surface area contributed by atoms with E-state index in [1.165, 1.54) is 0 Å². The lowest BCUT2D eigenvalue weighted by molar-refractivity contribution is 0.0914. The molecule has 1 aromatic carbocycles. The van der Waals surface area contributed by atoms with Crippen LogP contribution < -0.4 is 4.74 Å². The van der Waals surface area contributed by atoms with Crippen LogP contribution in [0.5, 0.6) is 5.75 Å². The number of nitrogens with zero attached hydrogens (tertiary/aromatic N) is 1. The van der Waals surface area contributed by atoms with Gasteiger partial charge in [0, 0.05) is 41.2 Å². The smallest absolute Gasteiger partial charge is 0.202 e. The second kappa shape index (κ2) is 7.81. The minimum Gasteiger partial charge on any atom is -0.484 e. The molecule has 1 aliphatic heterocycles. The molecule has 1 saturated heterocycles. The highest BCUT2D eigenvalue weighted by Gasteiger charge is 2.21. The molecule has 2 heterocycles. The minimum absolute atomic E-state index is 0.0791. The fourth-order valence-electron chi connectivity index (χ4n) is 3.17. The number of hydrogen-bond acceptors (Lipinski definition) is 3. The second-order valence-electron chi connectivity index (χ2n) is 6.32.